The second kappa shape index (κ2) is 11.5. The quantitative estimate of drug-likeness (QED) is 0.432. The molecule has 0 atom stereocenters. The van der Waals surface area contributed by atoms with Gasteiger partial charge in [-0.15, -0.1) is 0 Å². The van der Waals surface area contributed by atoms with Crippen molar-refractivity contribution in [1.29, 1.82) is 0 Å². The molecule has 188 valence electrons. The fourth-order valence-electron chi connectivity index (χ4n) is 4.06. The van der Waals surface area contributed by atoms with Gasteiger partial charge in [0, 0.05) is 48.1 Å². The zero-order chi connectivity index (χ0) is 25.7. The van der Waals surface area contributed by atoms with Crippen LogP contribution in [0.1, 0.15) is 27.6 Å². The van der Waals surface area contributed by atoms with Crippen LogP contribution in [-0.2, 0) is 0 Å². The lowest BCUT2D eigenvalue weighted by Crippen LogP contribution is -2.48. The fourth-order valence-corrected chi connectivity index (χ4v) is 4.47. The van der Waals surface area contributed by atoms with Gasteiger partial charge in [-0.25, -0.2) is 0 Å². The third kappa shape index (κ3) is 5.86. The number of piperazine rings is 1. The number of amides is 2. The Morgan fingerprint density at radius 3 is 2.25 bits per heavy atom. The van der Waals surface area contributed by atoms with Gasteiger partial charge in [-0.1, -0.05) is 23.2 Å². The van der Waals surface area contributed by atoms with Crippen molar-refractivity contribution in [3.63, 3.8) is 0 Å². The number of nitrogens with one attached hydrogen (secondary N) is 1. The summed E-state index contributed by atoms with van der Waals surface area (Å²) in [6.07, 6.45) is 0. The highest BCUT2D eigenvalue weighted by atomic mass is 35.5. The van der Waals surface area contributed by atoms with Crippen molar-refractivity contribution >= 4 is 46.4 Å². The van der Waals surface area contributed by atoms with Gasteiger partial charge in [-0.2, -0.15) is 0 Å². The van der Waals surface area contributed by atoms with E-state index in [2.05, 4.69) is 10.2 Å². The molecule has 7 nitrogen and oxygen atoms in total. The van der Waals surface area contributed by atoms with Crippen molar-refractivity contribution < 1.29 is 19.1 Å². The van der Waals surface area contributed by atoms with Gasteiger partial charge in [-0.05, 0) is 67.6 Å². The van der Waals surface area contributed by atoms with E-state index < -0.39 is 0 Å². The summed E-state index contributed by atoms with van der Waals surface area (Å²) in [5.41, 5.74) is 2.61. The van der Waals surface area contributed by atoms with E-state index in [0.29, 0.717) is 71.1 Å². The van der Waals surface area contributed by atoms with Crippen LogP contribution in [0.25, 0.3) is 0 Å². The highest BCUT2D eigenvalue weighted by Gasteiger charge is 2.25. The van der Waals surface area contributed by atoms with E-state index in [4.69, 9.17) is 32.7 Å². The Kier molecular flexibility index (Phi) is 8.23. The largest absolute Gasteiger partial charge is 0.496 e. The smallest absolute Gasteiger partial charge is 0.257 e. The maximum Gasteiger partial charge on any atom is 0.257 e. The fraction of sp³-hybridized carbons (Fsp3) is 0.259. The van der Waals surface area contributed by atoms with Crippen LogP contribution in [0.15, 0.2) is 60.7 Å². The van der Waals surface area contributed by atoms with Crippen molar-refractivity contribution in [2.24, 2.45) is 0 Å². The molecule has 1 saturated heterocycles. The van der Waals surface area contributed by atoms with Crippen molar-refractivity contribution in [1.82, 2.24) is 4.90 Å². The van der Waals surface area contributed by atoms with Crippen LogP contribution in [0.2, 0.25) is 10.0 Å². The number of benzene rings is 3. The lowest BCUT2D eigenvalue weighted by atomic mass is 10.1. The van der Waals surface area contributed by atoms with Crippen LogP contribution < -0.4 is 19.7 Å². The van der Waals surface area contributed by atoms with Crippen LogP contribution in [0.5, 0.6) is 11.5 Å². The number of nitrogens with zero attached hydrogens (tertiary/aromatic N) is 2. The number of hydrogen-bond donors (Lipinski definition) is 1. The molecule has 0 spiro atoms. The minimum absolute atomic E-state index is 0.0959. The van der Waals surface area contributed by atoms with Crippen LogP contribution in [0.3, 0.4) is 0 Å². The third-order valence-corrected chi connectivity index (χ3v) is 6.47. The molecule has 36 heavy (non-hydrogen) atoms. The van der Waals surface area contributed by atoms with E-state index in [1.54, 1.807) is 41.3 Å². The van der Waals surface area contributed by atoms with Gasteiger partial charge in [-0.3, -0.25) is 9.59 Å². The van der Waals surface area contributed by atoms with Crippen LogP contribution in [-0.4, -0.2) is 56.6 Å². The van der Waals surface area contributed by atoms with Gasteiger partial charge in [0.1, 0.15) is 11.5 Å². The second-order valence-corrected chi connectivity index (χ2v) is 9.05. The van der Waals surface area contributed by atoms with Gasteiger partial charge in [0.15, 0.2) is 0 Å². The molecule has 0 unspecified atom stereocenters. The van der Waals surface area contributed by atoms with E-state index in [-0.39, 0.29) is 11.8 Å². The molecule has 0 aliphatic carbocycles. The van der Waals surface area contributed by atoms with Crippen molar-refractivity contribution in [3.05, 3.63) is 81.8 Å². The van der Waals surface area contributed by atoms with Crippen molar-refractivity contribution in [2.75, 3.05) is 50.1 Å². The number of anilines is 2. The SMILES string of the molecule is CCOc1ccc(C(=O)Nc2ccc(N3CCN(C(=O)c4cc(Cl)ccc4OC)CC3)cc2)cc1Cl. The first kappa shape index (κ1) is 25.7. The molecule has 0 aromatic heterocycles. The van der Waals surface area contributed by atoms with Gasteiger partial charge in [0.05, 0.1) is 24.3 Å². The van der Waals surface area contributed by atoms with E-state index in [1.807, 2.05) is 31.2 Å². The summed E-state index contributed by atoms with van der Waals surface area (Å²) in [7, 11) is 1.54. The first-order valence-corrected chi connectivity index (χ1v) is 12.4. The predicted molar refractivity (Wildman–Crippen MR) is 143 cm³/mol. The summed E-state index contributed by atoms with van der Waals surface area (Å²) in [6.45, 7) is 4.89. The van der Waals surface area contributed by atoms with Gasteiger partial charge < -0.3 is 24.6 Å². The second-order valence-electron chi connectivity index (χ2n) is 8.20. The predicted octanol–water partition coefficient (Wildman–Crippen LogP) is 5.62. The molecule has 0 saturated carbocycles. The topological polar surface area (TPSA) is 71.1 Å². The van der Waals surface area contributed by atoms with E-state index in [0.717, 1.165) is 5.69 Å². The monoisotopic (exact) mass is 527 g/mol. The Labute approximate surface area is 220 Å². The van der Waals surface area contributed by atoms with Gasteiger partial charge in [0.25, 0.3) is 11.8 Å². The summed E-state index contributed by atoms with van der Waals surface area (Å²) >= 11 is 12.3. The molecule has 1 fully saturated rings. The molecular weight excluding hydrogens is 501 g/mol. The zero-order valence-corrected chi connectivity index (χ0v) is 21.6. The summed E-state index contributed by atoms with van der Waals surface area (Å²) in [5.74, 6) is 0.711. The van der Waals surface area contributed by atoms with Crippen LogP contribution >= 0.6 is 23.2 Å². The van der Waals surface area contributed by atoms with Crippen molar-refractivity contribution in [2.45, 2.75) is 6.92 Å². The average Bonchev–Trinajstić information content (AvgIpc) is 2.90. The molecule has 0 bridgehead atoms. The molecule has 3 aromatic carbocycles. The Morgan fingerprint density at radius 1 is 0.917 bits per heavy atom. The number of carbonyl (C=O) groups is 2. The highest BCUT2D eigenvalue weighted by molar-refractivity contribution is 6.32. The molecule has 2 amide bonds. The van der Waals surface area contributed by atoms with Gasteiger partial charge >= 0.3 is 0 Å². The Morgan fingerprint density at radius 2 is 1.61 bits per heavy atom. The third-order valence-electron chi connectivity index (χ3n) is 5.94. The van der Waals surface area contributed by atoms with Crippen LogP contribution in [0, 0.1) is 0 Å². The number of ether oxygens (including phenoxy) is 2. The van der Waals surface area contributed by atoms with Crippen LogP contribution in [0.4, 0.5) is 11.4 Å². The first-order valence-electron chi connectivity index (χ1n) is 11.6. The maximum absolute atomic E-state index is 13.0. The highest BCUT2D eigenvalue weighted by Crippen LogP contribution is 2.27. The van der Waals surface area contributed by atoms with Crippen molar-refractivity contribution in [3.8, 4) is 11.5 Å². The molecule has 9 heteroatoms. The summed E-state index contributed by atoms with van der Waals surface area (Å²) < 4.78 is 10.7. The molecule has 3 aromatic rings. The Balaban J connectivity index is 1.34. The number of methoxy groups -OCH3 is 1. The number of hydrogen-bond acceptors (Lipinski definition) is 5. The molecule has 1 heterocycles. The standard InChI is InChI=1S/C27H27Cl2N3O4/c1-3-36-25-10-4-18(16-23(25)29)26(33)30-20-6-8-21(9-7-20)31-12-14-32(15-13-31)27(34)22-17-19(28)5-11-24(22)35-2/h4-11,16-17H,3,12-15H2,1-2H3,(H,30,33). The number of carbonyl (C=O) groups excluding carboxylic acids is 2. The maximum atomic E-state index is 13.0. The molecule has 1 aliphatic heterocycles. The molecule has 1 N–H and O–H groups in total. The molecule has 0 radical (unpaired) electrons. The molecule has 4 rings (SSSR count). The number of rotatable bonds is 7. The minimum atomic E-state index is -0.253. The summed E-state index contributed by atoms with van der Waals surface area (Å²) in [6, 6.07) is 17.6. The molecule has 1 aliphatic rings. The Hall–Kier alpha value is -3.42. The Bertz CT molecular complexity index is 1240. The van der Waals surface area contributed by atoms with E-state index in [9.17, 15) is 9.59 Å². The number of halogens is 2. The summed E-state index contributed by atoms with van der Waals surface area (Å²) in [5, 5.41) is 3.78. The average molecular weight is 528 g/mol. The normalized spacial score (nSPS) is 13.3. The minimum Gasteiger partial charge on any atom is -0.496 e. The summed E-state index contributed by atoms with van der Waals surface area (Å²) in [4.78, 5) is 29.7. The van der Waals surface area contributed by atoms with Gasteiger partial charge in [0.2, 0.25) is 0 Å². The zero-order valence-electron chi connectivity index (χ0n) is 20.1. The van der Waals surface area contributed by atoms with E-state index in [1.165, 1.54) is 7.11 Å². The first-order chi connectivity index (χ1) is 17.4. The lowest BCUT2D eigenvalue weighted by Gasteiger charge is -2.36. The molecular formula is C27H27Cl2N3O4. The lowest BCUT2D eigenvalue weighted by molar-refractivity contribution is 0.0743. The van der Waals surface area contributed by atoms with E-state index >= 15 is 0 Å².